The van der Waals surface area contributed by atoms with Crippen LogP contribution in [-0.4, -0.2) is 25.7 Å². The van der Waals surface area contributed by atoms with Gasteiger partial charge in [-0.1, -0.05) is 12.8 Å². The Morgan fingerprint density at radius 2 is 1.78 bits per heavy atom. The molecule has 1 saturated carbocycles. The monoisotopic (exact) mass is 273 g/mol. The van der Waals surface area contributed by atoms with Crippen LogP contribution in [-0.2, 0) is 10.0 Å². The van der Waals surface area contributed by atoms with E-state index >= 15 is 0 Å². The molecule has 100 valence electrons. The number of sulfonamides is 1. The van der Waals surface area contributed by atoms with E-state index in [1.807, 2.05) is 0 Å². The van der Waals surface area contributed by atoms with Crippen LogP contribution in [0.1, 0.15) is 25.7 Å². The van der Waals surface area contributed by atoms with Gasteiger partial charge in [-0.2, -0.15) is 0 Å². The molecule has 0 radical (unpaired) electrons. The van der Waals surface area contributed by atoms with Gasteiger partial charge in [0.25, 0.3) is 0 Å². The van der Waals surface area contributed by atoms with Gasteiger partial charge in [0.1, 0.15) is 5.82 Å². The zero-order chi connectivity index (χ0) is 13.2. The average Bonchev–Trinajstić information content (AvgIpc) is 2.32. The molecule has 0 saturated heterocycles. The second kappa shape index (κ2) is 5.34. The fourth-order valence-corrected chi connectivity index (χ4v) is 3.43. The molecule has 1 aliphatic carbocycles. The first kappa shape index (κ1) is 13.5. The summed E-state index contributed by atoms with van der Waals surface area (Å²) in [5.74, 6) is -0.480. The first-order valence-corrected chi connectivity index (χ1v) is 7.43. The van der Waals surface area contributed by atoms with E-state index in [-0.39, 0.29) is 4.90 Å². The van der Waals surface area contributed by atoms with E-state index in [1.54, 1.807) is 0 Å². The van der Waals surface area contributed by atoms with Crippen molar-refractivity contribution < 1.29 is 17.9 Å². The van der Waals surface area contributed by atoms with Crippen molar-refractivity contribution in [1.29, 1.82) is 0 Å². The Kier molecular flexibility index (Phi) is 3.99. The van der Waals surface area contributed by atoms with Crippen LogP contribution in [0, 0.1) is 5.82 Å². The molecule has 2 atom stereocenters. The van der Waals surface area contributed by atoms with Crippen molar-refractivity contribution in [2.75, 3.05) is 0 Å². The highest BCUT2D eigenvalue weighted by molar-refractivity contribution is 7.89. The van der Waals surface area contributed by atoms with E-state index in [9.17, 15) is 17.9 Å². The molecular formula is C12H16FNO3S. The number of hydrogen-bond acceptors (Lipinski definition) is 3. The Balaban J connectivity index is 2.13. The smallest absolute Gasteiger partial charge is 0.240 e. The number of rotatable bonds is 3. The molecule has 4 nitrogen and oxygen atoms in total. The lowest BCUT2D eigenvalue weighted by molar-refractivity contribution is 0.101. The van der Waals surface area contributed by atoms with Gasteiger partial charge in [0, 0.05) is 6.04 Å². The van der Waals surface area contributed by atoms with Gasteiger partial charge >= 0.3 is 0 Å². The van der Waals surface area contributed by atoms with Crippen LogP contribution in [0.3, 0.4) is 0 Å². The largest absolute Gasteiger partial charge is 0.391 e. The number of nitrogens with one attached hydrogen (secondary N) is 1. The second-order valence-corrected chi connectivity index (χ2v) is 6.25. The first-order chi connectivity index (χ1) is 8.49. The molecule has 1 fully saturated rings. The maximum absolute atomic E-state index is 12.7. The Hall–Kier alpha value is -0.980. The molecule has 1 aromatic carbocycles. The van der Waals surface area contributed by atoms with Crippen LogP contribution >= 0.6 is 0 Å². The molecule has 0 amide bonds. The minimum atomic E-state index is -3.69. The van der Waals surface area contributed by atoms with Crippen LogP contribution in [0.15, 0.2) is 29.2 Å². The van der Waals surface area contributed by atoms with E-state index < -0.39 is 28.0 Å². The summed E-state index contributed by atoms with van der Waals surface area (Å²) in [6.45, 7) is 0. The first-order valence-electron chi connectivity index (χ1n) is 5.95. The lowest BCUT2D eigenvalue weighted by atomic mass is 9.93. The number of aliphatic hydroxyl groups is 1. The number of benzene rings is 1. The fraction of sp³-hybridized carbons (Fsp3) is 0.500. The number of hydrogen-bond donors (Lipinski definition) is 2. The van der Waals surface area contributed by atoms with E-state index in [4.69, 9.17) is 0 Å². The van der Waals surface area contributed by atoms with Gasteiger partial charge in [-0.15, -0.1) is 0 Å². The molecule has 0 spiro atoms. The van der Waals surface area contributed by atoms with Crippen molar-refractivity contribution in [2.45, 2.75) is 42.7 Å². The zero-order valence-corrected chi connectivity index (χ0v) is 10.7. The summed E-state index contributed by atoms with van der Waals surface area (Å²) >= 11 is 0. The van der Waals surface area contributed by atoms with Crippen LogP contribution in [0.4, 0.5) is 4.39 Å². The molecule has 0 bridgehead atoms. The van der Waals surface area contributed by atoms with E-state index in [0.29, 0.717) is 12.8 Å². The van der Waals surface area contributed by atoms with E-state index in [0.717, 1.165) is 25.0 Å². The van der Waals surface area contributed by atoms with Crippen molar-refractivity contribution in [3.63, 3.8) is 0 Å². The molecule has 0 aliphatic heterocycles. The fourth-order valence-electron chi connectivity index (χ4n) is 2.13. The van der Waals surface area contributed by atoms with Gasteiger partial charge in [-0.3, -0.25) is 0 Å². The predicted molar refractivity (Wildman–Crippen MR) is 65.0 cm³/mol. The van der Waals surface area contributed by atoms with Crippen molar-refractivity contribution in [3.8, 4) is 0 Å². The van der Waals surface area contributed by atoms with Crippen molar-refractivity contribution in [2.24, 2.45) is 0 Å². The maximum Gasteiger partial charge on any atom is 0.240 e. The summed E-state index contributed by atoms with van der Waals surface area (Å²) in [4.78, 5) is 0.0154. The quantitative estimate of drug-likeness (QED) is 0.875. The molecular weight excluding hydrogens is 257 g/mol. The molecule has 1 aliphatic rings. The third-order valence-corrected chi connectivity index (χ3v) is 4.67. The molecule has 6 heteroatoms. The molecule has 18 heavy (non-hydrogen) atoms. The minimum absolute atomic E-state index is 0.0154. The van der Waals surface area contributed by atoms with E-state index in [2.05, 4.69) is 4.72 Å². The molecule has 2 unspecified atom stereocenters. The summed E-state index contributed by atoms with van der Waals surface area (Å²) in [6, 6.07) is 4.19. The maximum atomic E-state index is 12.7. The molecule has 2 N–H and O–H groups in total. The molecule has 0 heterocycles. The number of halogens is 1. The summed E-state index contributed by atoms with van der Waals surface area (Å²) in [5.41, 5.74) is 0. The highest BCUT2D eigenvalue weighted by Gasteiger charge is 2.27. The predicted octanol–water partition coefficient (Wildman–Crippen LogP) is 1.41. The third kappa shape index (κ3) is 3.07. The SMILES string of the molecule is O=S(=O)(NC1CCCCC1O)c1ccc(F)cc1. The molecule has 0 aromatic heterocycles. The molecule has 1 aromatic rings. The normalized spacial score (nSPS) is 25.0. The topological polar surface area (TPSA) is 66.4 Å². The highest BCUT2D eigenvalue weighted by atomic mass is 32.2. The Morgan fingerprint density at radius 3 is 2.39 bits per heavy atom. The Labute approximate surface area is 106 Å². The zero-order valence-electron chi connectivity index (χ0n) is 9.84. The van der Waals surface area contributed by atoms with Crippen LogP contribution in [0.25, 0.3) is 0 Å². The summed E-state index contributed by atoms with van der Waals surface area (Å²) < 4.78 is 39.2. The Bertz CT molecular complexity index is 501. The van der Waals surface area contributed by atoms with Gasteiger partial charge in [0.2, 0.25) is 10.0 Å². The van der Waals surface area contributed by atoms with Crippen molar-refractivity contribution in [3.05, 3.63) is 30.1 Å². The second-order valence-electron chi connectivity index (χ2n) is 4.53. The van der Waals surface area contributed by atoms with Gasteiger partial charge in [-0.05, 0) is 37.1 Å². The Morgan fingerprint density at radius 1 is 1.17 bits per heavy atom. The van der Waals surface area contributed by atoms with Gasteiger partial charge in [-0.25, -0.2) is 17.5 Å². The van der Waals surface area contributed by atoms with E-state index in [1.165, 1.54) is 12.1 Å². The van der Waals surface area contributed by atoms with Gasteiger partial charge < -0.3 is 5.11 Å². The lowest BCUT2D eigenvalue weighted by Gasteiger charge is -2.28. The summed E-state index contributed by atoms with van der Waals surface area (Å²) in [7, 11) is -3.69. The summed E-state index contributed by atoms with van der Waals surface area (Å²) in [6.07, 6.45) is 2.40. The lowest BCUT2D eigenvalue weighted by Crippen LogP contribution is -2.44. The van der Waals surface area contributed by atoms with Crippen molar-refractivity contribution >= 4 is 10.0 Å². The average molecular weight is 273 g/mol. The van der Waals surface area contributed by atoms with Gasteiger partial charge in [0.05, 0.1) is 11.0 Å². The van der Waals surface area contributed by atoms with Crippen LogP contribution in [0.5, 0.6) is 0 Å². The highest BCUT2D eigenvalue weighted by Crippen LogP contribution is 2.20. The standard InChI is InChI=1S/C12H16FNO3S/c13-9-5-7-10(8-6-9)18(16,17)14-11-3-1-2-4-12(11)15/h5-8,11-12,14-15H,1-4H2. The van der Waals surface area contributed by atoms with Crippen molar-refractivity contribution in [1.82, 2.24) is 4.72 Å². The summed E-state index contributed by atoms with van der Waals surface area (Å²) in [5, 5.41) is 9.74. The van der Waals surface area contributed by atoms with Crippen LogP contribution < -0.4 is 4.72 Å². The number of aliphatic hydroxyl groups excluding tert-OH is 1. The molecule has 2 rings (SSSR count). The van der Waals surface area contributed by atoms with Gasteiger partial charge in [0.15, 0.2) is 0 Å². The van der Waals surface area contributed by atoms with Crippen LogP contribution in [0.2, 0.25) is 0 Å². The third-order valence-electron chi connectivity index (χ3n) is 3.16. The minimum Gasteiger partial charge on any atom is -0.391 e.